The van der Waals surface area contributed by atoms with Crippen LogP contribution in [0.4, 0.5) is 0 Å². The van der Waals surface area contributed by atoms with E-state index in [2.05, 4.69) is 5.32 Å². The molecule has 1 aliphatic carbocycles. The Hall–Kier alpha value is -1.06. The van der Waals surface area contributed by atoms with Gasteiger partial charge in [-0.25, -0.2) is 0 Å². The molecule has 0 atom stereocenters. The summed E-state index contributed by atoms with van der Waals surface area (Å²) in [6.07, 6.45) is 6.71. The molecule has 1 amide bonds. The van der Waals surface area contributed by atoms with Crippen molar-refractivity contribution in [3.05, 3.63) is 0 Å². The van der Waals surface area contributed by atoms with Crippen molar-refractivity contribution in [2.45, 2.75) is 71.3 Å². The van der Waals surface area contributed by atoms with Gasteiger partial charge in [0, 0.05) is 13.0 Å². The molecule has 0 aromatic heterocycles. The first kappa shape index (κ1) is 16.0. The first-order chi connectivity index (χ1) is 8.87. The van der Waals surface area contributed by atoms with E-state index in [1.807, 2.05) is 20.8 Å². The molecule has 1 aliphatic rings. The Morgan fingerprint density at radius 3 is 2.37 bits per heavy atom. The number of rotatable bonds is 6. The summed E-state index contributed by atoms with van der Waals surface area (Å²) in [4.78, 5) is 23.0. The predicted octanol–water partition coefficient (Wildman–Crippen LogP) is 2.80. The lowest BCUT2D eigenvalue weighted by atomic mass is 10.0. The summed E-state index contributed by atoms with van der Waals surface area (Å²) in [5.41, 5.74) is -0.476. The first-order valence-corrected chi connectivity index (χ1v) is 7.35. The fraction of sp³-hybridized carbons (Fsp3) is 0.867. The van der Waals surface area contributed by atoms with Crippen molar-refractivity contribution in [1.82, 2.24) is 5.32 Å². The summed E-state index contributed by atoms with van der Waals surface area (Å²) in [7, 11) is 0. The molecule has 110 valence electrons. The van der Waals surface area contributed by atoms with Crippen LogP contribution in [0.1, 0.15) is 65.7 Å². The molecule has 0 spiro atoms. The summed E-state index contributed by atoms with van der Waals surface area (Å²) in [6.45, 7) is 6.21. The van der Waals surface area contributed by atoms with Gasteiger partial charge in [0.15, 0.2) is 0 Å². The van der Waals surface area contributed by atoms with Crippen LogP contribution < -0.4 is 5.32 Å². The zero-order valence-corrected chi connectivity index (χ0v) is 12.5. The zero-order chi connectivity index (χ0) is 14.3. The standard InChI is InChI=1S/C15H27NO3/c1-15(2,3)19-14(18)9-8-13(17)16-11-10-12-6-4-5-7-12/h12H,4-11H2,1-3H3,(H,16,17). The fourth-order valence-electron chi connectivity index (χ4n) is 2.41. The van der Waals surface area contributed by atoms with Gasteiger partial charge < -0.3 is 10.1 Å². The summed E-state index contributed by atoms with van der Waals surface area (Å²) in [5, 5.41) is 2.88. The molecule has 4 nitrogen and oxygen atoms in total. The minimum atomic E-state index is -0.476. The Bertz CT molecular complexity index is 301. The van der Waals surface area contributed by atoms with Crippen LogP contribution in [0.2, 0.25) is 0 Å². The lowest BCUT2D eigenvalue weighted by Gasteiger charge is -2.19. The molecule has 0 aromatic rings. The van der Waals surface area contributed by atoms with Crippen LogP contribution in [-0.2, 0) is 14.3 Å². The van der Waals surface area contributed by atoms with Crippen molar-refractivity contribution < 1.29 is 14.3 Å². The Morgan fingerprint density at radius 1 is 1.16 bits per heavy atom. The van der Waals surface area contributed by atoms with Crippen molar-refractivity contribution >= 4 is 11.9 Å². The molecule has 1 N–H and O–H groups in total. The topological polar surface area (TPSA) is 55.4 Å². The van der Waals surface area contributed by atoms with E-state index in [4.69, 9.17) is 4.74 Å². The quantitative estimate of drug-likeness (QED) is 0.754. The van der Waals surface area contributed by atoms with Gasteiger partial charge in [-0.3, -0.25) is 9.59 Å². The van der Waals surface area contributed by atoms with Gasteiger partial charge in [-0.2, -0.15) is 0 Å². The third-order valence-corrected chi connectivity index (χ3v) is 3.33. The van der Waals surface area contributed by atoms with Crippen LogP contribution in [0, 0.1) is 5.92 Å². The van der Waals surface area contributed by atoms with Crippen molar-refractivity contribution in [2.24, 2.45) is 5.92 Å². The van der Waals surface area contributed by atoms with E-state index in [0.717, 1.165) is 18.9 Å². The Balaban J connectivity index is 2.05. The van der Waals surface area contributed by atoms with Crippen LogP contribution in [0.15, 0.2) is 0 Å². The first-order valence-electron chi connectivity index (χ1n) is 7.35. The molecule has 1 saturated carbocycles. The van der Waals surface area contributed by atoms with Gasteiger partial charge in [0.05, 0.1) is 6.42 Å². The molecule has 1 rings (SSSR count). The van der Waals surface area contributed by atoms with Crippen molar-refractivity contribution in [2.75, 3.05) is 6.54 Å². The highest BCUT2D eigenvalue weighted by Crippen LogP contribution is 2.26. The van der Waals surface area contributed by atoms with Crippen molar-refractivity contribution in [1.29, 1.82) is 0 Å². The van der Waals surface area contributed by atoms with Gasteiger partial charge in [-0.1, -0.05) is 25.7 Å². The predicted molar refractivity (Wildman–Crippen MR) is 74.7 cm³/mol. The lowest BCUT2D eigenvalue weighted by Crippen LogP contribution is -2.28. The van der Waals surface area contributed by atoms with Gasteiger partial charge in [0.25, 0.3) is 0 Å². The molecular formula is C15H27NO3. The van der Waals surface area contributed by atoms with Crippen LogP contribution in [0.5, 0.6) is 0 Å². The van der Waals surface area contributed by atoms with Crippen LogP contribution in [-0.4, -0.2) is 24.0 Å². The van der Waals surface area contributed by atoms with E-state index in [9.17, 15) is 9.59 Å². The number of hydrogen-bond donors (Lipinski definition) is 1. The maximum Gasteiger partial charge on any atom is 0.306 e. The fourth-order valence-corrected chi connectivity index (χ4v) is 2.41. The molecule has 0 aromatic carbocycles. The van der Waals surface area contributed by atoms with Crippen molar-refractivity contribution in [3.63, 3.8) is 0 Å². The number of carbonyl (C=O) groups is 2. The second-order valence-corrected chi connectivity index (χ2v) is 6.38. The minimum absolute atomic E-state index is 0.0520. The Kier molecular flexibility index (Phi) is 6.32. The van der Waals surface area contributed by atoms with Gasteiger partial charge >= 0.3 is 5.97 Å². The molecule has 4 heteroatoms. The number of carbonyl (C=O) groups excluding carboxylic acids is 2. The molecule has 0 saturated heterocycles. The largest absolute Gasteiger partial charge is 0.460 e. The highest BCUT2D eigenvalue weighted by molar-refractivity contribution is 5.81. The molecule has 0 unspecified atom stereocenters. The number of esters is 1. The summed E-state index contributed by atoms with van der Waals surface area (Å²) in [5.74, 6) is 0.424. The average molecular weight is 269 g/mol. The van der Waals surface area contributed by atoms with E-state index in [1.54, 1.807) is 0 Å². The molecule has 0 heterocycles. The molecule has 19 heavy (non-hydrogen) atoms. The van der Waals surface area contributed by atoms with E-state index in [0.29, 0.717) is 0 Å². The second-order valence-electron chi connectivity index (χ2n) is 6.38. The number of amides is 1. The molecule has 0 bridgehead atoms. The van der Waals surface area contributed by atoms with Gasteiger partial charge in [0.1, 0.15) is 5.60 Å². The maximum absolute atomic E-state index is 11.6. The highest BCUT2D eigenvalue weighted by atomic mass is 16.6. The Labute approximate surface area is 116 Å². The summed E-state index contributed by atoms with van der Waals surface area (Å²) < 4.78 is 5.15. The van der Waals surface area contributed by atoms with Gasteiger partial charge in [0.2, 0.25) is 5.91 Å². The average Bonchev–Trinajstić information content (AvgIpc) is 2.77. The van der Waals surface area contributed by atoms with Gasteiger partial charge in [-0.15, -0.1) is 0 Å². The number of ether oxygens (including phenoxy) is 1. The molecule has 0 radical (unpaired) electrons. The van der Waals surface area contributed by atoms with Gasteiger partial charge in [-0.05, 0) is 33.1 Å². The van der Waals surface area contributed by atoms with Crippen LogP contribution in [0.25, 0.3) is 0 Å². The summed E-state index contributed by atoms with van der Waals surface area (Å²) in [6, 6.07) is 0. The van der Waals surface area contributed by atoms with E-state index in [1.165, 1.54) is 25.7 Å². The monoisotopic (exact) mass is 269 g/mol. The SMILES string of the molecule is CC(C)(C)OC(=O)CCC(=O)NCCC1CCCC1. The van der Waals surface area contributed by atoms with E-state index in [-0.39, 0.29) is 24.7 Å². The number of hydrogen-bond acceptors (Lipinski definition) is 3. The summed E-state index contributed by atoms with van der Waals surface area (Å²) >= 11 is 0. The highest BCUT2D eigenvalue weighted by Gasteiger charge is 2.17. The van der Waals surface area contributed by atoms with Crippen molar-refractivity contribution in [3.8, 4) is 0 Å². The maximum atomic E-state index is 11.6. The third-order valence-electron chi connectivity index (χ3n) is 3.33. The second kappa shape index (κ2) is 7.51. The Morgan fingerprint density at radius 2 is 1.79 bits per heavy atom. The van der Waals surface area contributed by atoms with Crippen LogP contribution >= 0.6 is 0 Å². The van der Waals surface area contributed by atoms with Crippen LogP contribution in [0.3, 0.4) is 0 Å². The zero-order valence-electron chi connectivity index (χ0n) is 12.5. The molecule has 0 aliphatic heterocycles. The van der Waals surface area contributed by atoms with E-state index >= 15 is 0 Å². The smallest absolute Gasteiger partial charge is 0.306 e. The molecule has 1 fully saturated rings. The number of nitrogens with one attached hydrogen (secondary N) is 1. The third kappa shape index (κ3) is 7.85. The minimum Gasteiger partial charge on any atom is -0.460 e. The normalized spacial score (nSPS) is 16.4. The lowest BCUT2D eigenvalue weighted by molar-refractivity contribution is -0.155. The molecular weight excluding hydrogens is 242 g/mol. The van der Waals surface area contributed by atoms with E-state index < -0.39 is 5.60 Å².